The van der Waals surface area contributed by atoms with Gasteiger partial charge in [-0.25, -0.2) is 9.97 Å². The number of aryl methyl sites for hydroxylation is 1. The summed E-state index contributed by atoms with van der Waals surface area (Å²) in [7, 11) is 0. The van der Waals surface area contributed by atoms with Gasteiger partial charge in [0.25, 0.3) is 0 Å². The number of phenolic OH excluding ortho intramolecular Hbond substituents is 1. The van der Waals surface area contributed by atoms with E-state index < -0.39 is 0 Å². The first-order chi connectivity index (χ1) is 11.1. The highest BCUT2D eigenvalue weighted by atomic mass is 79.9. The minimum atomic E-state index is -0.278. The Morgan fingerprint density at radius 1 is 1.48 bits per heavy atom. The fourth-order valence-electron chi connectivity index (χ4n) is 2.37. The van der Waals surface area contributed by atoms with Crippen molar-refractivity contribution in [2.75, 3.05) is 0 Å². The maximum Gasteiger partial charge on any atom is 0.234 e. The van der Waals surface area contributed by atoms with Gasteiger partial charge in [0.2, 0.25) is 11.6 Å². The monoisotopic (exact) mass is 370 g/mol. The normalized spacial score (nSPS) is 10.7. The summed E-state index contributed by atoms with van der Waals surface area (Å²) < 4.78 is 1.93. The molecule has 0 fully saturated rings. The zero-order valence-electron chi connectivity index (χ0n) is 12.1. The van der Waals surface area contributed by atoms with Crippen molar-refractivity contribution in [3.63, 3.8) is 0 Å². The number of fused-ring (bicyclic) bond motifs is 1. The molecule has 0 aliphatic carbocycles. The third-order valence-corrected chi connectivity index (χ3v) is 4.08. The molecule has 0 unspecified atom stereocenters. The van der Waals surface area contributed by atoms with E-state index in [9.17, 15) is 9.90 Å². The van der Waals surface area contributed by atoms with Crippen LogP contribution in [0.15, 0.2) is 35.1 Å². The summed E-state index contributed by atoms with van der Waals surface area (Å²) in [5, 5.41) is 18.9. The van der Waals surface area contributed by atoms with Crippen LogP contribution in [0, 0.1) is 11.3 Å². The second-order valence-electron chi connectivity index (χ2n) is 4.85. The molecule has 0 atom stereocenters. The van der Waals surface area contributed by atoms with Crippen LogP contribution in [0.3, 0.4) is 0 Å². The number of benzene rings is 1. The average molecular weight is 371 g/mol. The summed E-state index contributed by atoms with van der Waals surface area (Å²) in [4.78, 5) is 21.4. The van der Waals surface area contributed by atoms with Gasteiger partial charge in [-0.3, -0.25) is 9.20 Å². The highest BCUT2D eigenvalue weighted by molar-refractivity contribution is 9.10. The van der Waals surface area contributed by atoms with Crippen molar-refractivity contribution in [1.82, 2.24) is 14.4 Å². The average Bonchev–Trinajstić information content (AvgIpc) is 2.95. The molecule has 0 amide bonds. The molecule has 6 nitrogen and oxygen atoms in total. The number of aromatic hydroxyl groups is 1. The number of carbonyl (C=O) groups is 1. The molecule has 2 heterocycles. The molecule has 0 saturated heterocycles. The van der Waals surface area contributed by atoms with Crippen molar-refractivity contribution in [2.45, 2.75) is 13.3 Å². The highest BCUT2D eigenvalue weighted by Gasteiger charge is 2.22. The van der Waals surface area contributed by atoms with E-state index in [1.165, 1.54) is 12.1 Å². The van der Waals surface area contributed by atoms with E-state index in [1.807, 2.05) is 13.0 Å². The lowest BCUT2D eigenvalue weighted by atomic mass is 10.0. The molecule has 114 valence electrons. The zero-order chi connectivity index (χ0) is 16.6. The molecule has 1 N–H and O–H groups in total. The van der Waals surface area contributed by atoms with Gasteiger partial charge in [0, 0.05) is 18.0 Å². The van der Waals surface area contributed by atoms with Crippen LogP contribution in [0.1, 0.15) is 34.2 Å². The van der Waals surface area contributed by atoms with E-state index in [-0.39, 0.29) is 17.1 Å². The van der Waals surface area contributed by atoms with Crippen molar-refractivity contribution in [3.8, 4) is 11.8 Å². The summed E-state index contributed by atoms with van der Waals surface area (Å²) in [5.74, 6) is -0.00910. The van der Waals surface area contributed by atoms with Crippen LogP contribution in [0.25, 0.3) is 5.78 Å². The number of ketones is 1. The summed E-state index contributed by atoms with van der Waals surface area (Å²) in [6, 6.07) is 6.46. The second-order valence-corrected chi connectivity index (χ2v) is 5.70. The van der Waals surface area contributed by atoms with E-state index in [4.69, 9.17) is 5.26 Å². The summed E-state index contributed by atoms with van der Waals surface area (Å²) >= 11 is 3.17. The van der Waals surface area contributed by atoms with Crippen LogP contribution in [-0.2, 0) is 6.42 Å². The molecule has 0 aliphatic rings. The second kappa shape index (κ2) is 5.82. The van der Waals surface area contributed by atoms with Gasteiger partial charge < -0.3 is 5.11 Å². The van der Waals surface area contributed by atoms with Crippen LogP contribution < -0.4 is 0 Å². The third kappa shape index (κ3) is 2.47. The summed E-state index contributed by atoms with van der Waals surface area (Å²) in [6.45, 7) is 1.91. The molecule has 2 aromatic heterocycles. The Balaban J connectivity index is 2.22. The predicted molar refractivity (Wildman–Crippen MR) is 86.3 cm³/mol. The van der Waals surface area contributed by atoms with Crippen LogP contribution in [0.5, 0.6) is 5.75 Å². The number of halogens is 1. The molecule has 23 heavy (non-hydrogen) atoms. The third-order valence-electron chi connectivity index (χ3n) is 3.47. The van der Waals surface area contributed by atoms with Gasteiger partial charge in [-0.15, -0.1) is 0 Å². The predicted octanol–water partition coefficient (Wildman–Crippen LogP) is 2.86. The number of hydrogen-bond donors (Lipinski definition) is 1. The van der Waals surface area contributed by atoms with Crippen LogP contribution in [0.2, 0.25) is 0 Å². The maximum absolute atomic E-state index is 12.9. The molecular weight excluding hydrogens is 360 g/mol. The molecule has 0 saturated carbocycles. The van der Waals surface area contributed by atoms with E-state index in [0.717, 1.165) is 0 Å². The first-order valence-corrected chi connectivity index (χ1v) is 7.65. The Morgan fingerprint density at radius 2 is 2.26 bits per heavy atom. The molecule has 0 spiro atoms. The fraction of sp³-hybridized carbons (Fsp3) is 0.125. The quantitative estimate of drug-likeness (QED) is 0.715. The summed E-state index contributed by atoms with van der Waals surface area (Å²) in [6.07, 6.45) is 3.91. The van der Waals surface area contributed by atoms with Gasteiger partial charge in [-0.2, -0.15) is 5.26 Å². The Kier molecular flexibility index (Phi) is 3.84. The number of imidazole rings is 1. The minimum absolute atomic E-state index is 0.0349. The molecule has 1 aromatic carbocycles. The molecular formula is C16H11BrN4O2. The van der Waals surface area contributed by atoms with Crippen LogP contribution in [0.4, 0.5) is 0 Å². The smallest absolute Gasteiger partial charge is 0.234 e. The highest BCUT2D eigenvalue weighted by Crippen LogP contribution is 2.30. The fourth-order valence-corrected chi connectivity index (χ4v) is 2.83. The van der Waals surface area contributed by atoms with Crippen LogP contribution in [-0.4, -0.2) is 25.3 Å². The van der Waals surface area contributed by atoms with Gasteiger partial charge in [0.15, 0.2) is 0 Å². The van der Waals surface area contributed by atoms with Crippen molar-refractivity contribution >= 4 is 27.5 Å². The molecule has 3 rings (SSSR count). The van der Waals surface area contributed by atoms with Gasteiger partial charge in [-0.05, 0) is 40.5 Å². The lowest BCUT2D eigenvalue weighted by Gasteiger charge is -2.06. The summed E-state index contributed by atoms with van der Waals surface area (Å²) in [5.41, 5.74) is 1.38. The van der Waals surface area contributed by atoms with Gasteiger partial charge in [-0.1, -0.05) is 6.92 Å². The Hall–Kier alpha value is -2.72. The zero-order valence-corrected chi connectivity index (χ0v) is 13.7. The Bertz CT molecular complexity index is 972. The van der Waals surface area contributed by atoms with Crippen LogP contribution >= 0.6 is 15.9 Å². The number of carbonyl (C=O) groups excluding carboxylic acids is 1. The van der Waals surface area contributed by atoms with Crippen molar-refractivity contribution in [1.29, 1.82) is 5.26 Å². The topological polar surface area (TPSA) is 91.3 Å². The Labute approximate surface area is 140 Å². The van der Waals surface area contributed by atoms with Crippen molar-refractivity contribution in [3.05, 3.63) is 57.6 Å². The minimum Gasteiger partial charge on any atom is -0.505 e. The Morgan fingerprint density at radius 3 is 2.96 bits per heavy atom. The number of nitrogens with zero attached hydrogens (tertiary/aromatic N) is 4. The number of phenols is 1. The van der Waals surface area contributed by atoms with E-state index >= 15 is 0 Å². The maximum atomic E-state index is 12.9. The molecule has 3 aromatic rings. The number of nitriles is 1. The first-order valence-electron chi connectivity index (χ1n) is 6.86. The van der Waals surface area contributed by atoms with Crippen molar-refractivity contribution in [2.24, 2.45) is 0 Å². The number of aromatic nitrogens is 3. The van der Waals surface area contributed by atoms with Crippen molar-refractivity contribution < 1.29 is 9.90 Å². The first kappa shape index (κ1) is 15.2. The standard InChI is InChI=1S/C16H11BrN4O2/c1-2-12-13(21-5-3-4-19-16(21)20-12)15(23)9-6-10(8-18)14(22)11(17)7-9/h3-7,22H,2H2,1H3. The molecule has 0 radical (unpaired) electrons. The number of rotatable bonds is 3. The largest absolute Gasteiger partial charge is 0.505 e. The lowest BCUT2D eigenvalue weighted by molar-refractivity contribution is 0.103. The van der Waals surface area contributed by atoms with E-state index in [2.05, 4.69) is 25.9 Å². The van der Waals surface area contributed by atoms with E-state index in [0.29, 0.717) is 33.6 Å². The SMILES string of the molecule is CCc1nc2ncccn2c1C(=O)c1cc(Br)c(O)c(C#N)c1. The number of hydrogen-bond acceptors (Lipinski definition) is 5. The van der Waals surface area contributed by atoms with Gasteiger partial charge in [0.1, 0.15) is 17.5 Å². The molecule has 7 heteroatoms. The van der Waals surface area contributed by atoms with Gasteiger partial charge >= 0.3 is 0 Å². The lowest BCUT2D eigenvalue weighted by Crippen LogP contribution is -2.08. The molecule has 0 bridgehead atoms. The molecule has 0 aliphatic heterocycles. The van der Waals surface area contributed by atoms with E-state index in [1.54, 1.807) is 22.9 Å². The van der Waals surface area contributed by atoms with Gasteiger partial charge in [0.05, 0.1) is 15.7 Å².